The quantitative estimate of drug-likeness (QED) is 0.832. The first-order valence-corrected chi connectivity index (χ1v) is 5.84. The SMILES string of the molecule is Cc1noc(C2CC(F)(F)CN2C(=O)c2cnco2)n1. The van der Waals surface area contributed by atoms with E-state index in [1.807, 2.05) is 0 Å². The fourth-order valence-corrected chi connectivity index (χ4v) is 2.16. The molecule has 106 valence electrons. The molecule has 1 saturated heterocycles. The molecule has 0 aromatic carbocycles. The van der Waals surface area contributed by atoms with Gasteiger partial charge in [-0.1, -0.05) is 5.16 Å². The van der Waals surface area contributed by atoms with E-state index >= 15 is 0 Å². The minimum atomic E-state index is -3.01. The van der Waals surface area contributed by atoms with Crippen molar-refractivity contribution in [3.63, 3.8) is 0 Å². The van der Waals surface area contributed by atoms with Crippen LogP contribution in [0.15, 0.2) is 21.5 Å². The third kappa shape index (κ3) is 2.15. The number of hydrogen-bond acceptors (Lipinski definition) is 6. The summed E-state index contributed by atoms with van der Waals surface area (Å²) in [7, 11) is 0. The van der Waals surface area contributed by atoms with Crippen LogP contribution in [-0.4, -0.2) is 38.4 Å². The Labute approximate surface area is 111 Å². The first-order valence-electron chi connectivity index (χ1n) is 5.84. The number of hydrogen-bond donors (Lipinski definition) is 0. The molecular formula is C11H10F2N4O3. The van der Waals surface area contributed by atoms with E-state index in [4.69, 9.17) is 8.94 Å². The lowest BCUT2D eigenvalue weighted by molar-refractivity contribution is 0.0113. The van der Waals surface area contributed by atoms with E-state index in [0.717, 1.165) is 11.3 Å². The maximum absolute atomic E-state index is 13.6. The standard InChI is InChI=1S/C11H10F2N4O3/c1-6-15-9(20-16-6)7-2-11(12,13)4-17(7)10(18)8-3-14-5-19-8/h3,5,7H,2,4H2,1H3. The summed E-state index contributed by atoms with van der Waals surface area (Å²) in [6.07, 6.45) is 1.68. The average molecular weight is 284 g/mol. The van der Waals surface area contributed by atoms with E-state index < -0.39 is 30.8 Å². The number of halogens is 2. The number of carbonyl (C=O) groups is 1. The van der Waals surface area contributed by atoms with E-state index in [9.17, 15) is 13.6 Å². The van der Waals surface area contributed by atoms with Gasteiger partial charge < -0.3 is 13.8 Å². The number of amides is 1. The highest BCUT2D eigenvalue weighted by Crippen LogP contribution is 2.41. The summed E-state index contributed by atoms with van der Waals surface area (Å²) in [5, 5.41) is 3.56. The number of aryl methyl sites for hydroxylation is 1. The zero-order valence-corrected chi connectivity index (χ0v) is 10.4. The lowest BCUT2D eigenvalue weighted by atomic mass is 10.2. The highest BCUT2D eigenvalue weighted by atomic mass is 19.3. The molecule has 3 rings (SSSR count). The number of rotatable bonds is 2. The van der Waals surface area contributed by atoms with Crippen LogP contribution < -0.4 is 0 Å². The summed E-state index contributed by atoms with van der Waals surface area (Å²) in [6, 6.07) is -0.969. The molecule has 0 radical (unpaired) electrons. The first kappa shape index (κ1) is 12.7. The van der Waals surface area contributed by atoms with Crippen LogP contribution in [0.2, 0.25) is 0 Å². The van der Waals surface area contributed by atoms with E-state index in [2.05, 4.69) is 15.1 Å². The number of aromatic nitrogens is 3. The van der Waals surface area contributed by atoms with Crippen molar-refractivity contribution in [1.29, 1.82) is 0 Å². The van der Waals surface area contributed by atoms with Crippen LogP contribution in [0.5, 0.6) is 0 Å². The Morgan fingerprint density at radius 1 is 1.55 bits per heavy atom. The van der Waals surface area contributed by atoms with Crippen LogP contribution >= 0.6 is 0 Å². The number of nitrogens with zero attached hydrogens (tertiary/aromatic N) is 4. The molecule has 0 bridgehead atoms. The Hall–Kier alpha value is -2.32. The smallest absolute Gasteiger partial charge is 0.292 e. The molecule has 3 heterocycles. The summed E-state index contributed by atoms with van der Waals surface area (Å²) in [6.45, 7) is 0.849. The second-order valence-corrected chi connectivity index (χ2v) is 4.55. The minimum absolute atomic E-state index is 0.00691. The van der Waals surface area contributed by atoms with Gasteiger partial charge in [0.2, 0.25) is 11.7 Å². The van der Waals surface area contributed by atoms with Gasteiger partial charge in [-0.3, -0.25) is 4.79 Å². The van der Waals surface area contributed by atoms with Crippen LogP contribution in [0.3, 0.4) is 0 Å². The van der Waals surface area contributed by atoms with Gasteiger partial charge in [-0.15, -0.1) is 0 Å². The molecule has 2 aromatic rings. The second-order valence-electron chi connectivity index (χ2n) is 4.55. The number of likely N-dealkylation sites (tertiary alicyclic amines) is 1. The van der Waals surface area contributed by atoms with Gasteiger partial charge in [0.15, 0.2) is 12.2 Å². The molecule has 2 aromatic heterocycles. The van der Waals surface area contributed by atoms with Crippen LogP contribution in [0.1, 0.15) is 34.7 Å². The van der Waals surface area contributed by atoms with Crippen LogP contribution in [0.4, 0.5) is 8.78 Å². The molecule has 0 N–H and O–H groups in total. The normalized spacial score (nSPS) is 21.4. The van der Waals surface area contributed by atoms with Crippen molar-refractivity contribution in [3.05, 3.63) is 30.1 Å². The molecule has 1 fully saturated rings. The Bertz CT molecular complexity index is 625. The van der Waals surface area contributed by atoms with Gasteiger partial charge in [0.05, 0.1) is 12.7 Å². The summed E-state index contributed by atoms with van der Waals surface area (Å²) in [5.41, 5.74) is 0. The van der Waals surface area contributed by atoms with Gasteiger partial charge in [-0.25, -0.2) is 13.8 Å². The molecule has 1 unspecified atom stereocenters. The van der Waals surface area contributed by atoms with Crippen molar-refractivity contribution in [1.82, 2.24) is 20.0 Å². The number of alkyl halides is 2. The molecule has 0 saturated carbocycles. The Morgan fingerprint density at radius 2 is 2.35 bits per heavy atom. The summed E-state index contributed by atoms with van der Waals surface area (Å²) < 4.78 is 37.0. The predicted octanol–water partition coefficient (Wildman–Crippen LogP) is 1.59. The average Bonchev–Trinajstić information content (AvgIpc) is 3.07. The second kappa shape index (κ2) is 4.36. The van der Waals surface area contributed by atoms with Gasteiger partial charge in [0, 0.05) is 6.42 Å². The zero-order chi connectivity index (χ0) is 14.3. The van der Waals surface area contributed by atoms with Gasteiger partial charge in [-0.2, -0.15) is 4.98 Å². The van der Waals surface area contributed by atoms with Gasteiger partial charge >= 0.3 is 0 Å². The van der Waals surface area contributed by atoms with Crippen molar-refractivity contribution < 1.29 is 22.5 Å². The van der Waals surface area contributed by atoms with Crippen LogP contribution in [0.25, 0.3) is 0 Å². The van der Waals surface area contributed by atoms with Crippen molar-refractivity contribution in [2.24, 2.45) is 0 Å². The molecule has 1 atom stereocenters. The maximum atomic E-state index is 13.6. The van der Waals surface area contributed by atoms with Gasteiger partial charge in [0.1, 0.15) is 6.04 Å². The van der Waals surface area contributed by atoms with Crippen molar-refractivity contribution in [2.45, 2.75) is 25.3 Å². The van der Waals surface area contributed by atoms with Crippen molar-refractivity contribution in [3.8, 4) is 0 Å². The topological polar surface area (TPSA) is 85.3 Å². The lowest BCUT2D eigenvalue weighted by Crippen LogP contribution is -2.32. The van der Waals surface area contributed by atoms with Gasteiger partial charge in [0.25, 0.3) is 11.8 Å². The number of carbonyl (C=O) groups excluding carboxylic acids is 1. The molecule has 0 aliphatic carbocycles. The molecule has 7 nitrogen and oxygen atoms in total. The van der Waals surface area contributed by atoms with E-state index in [0.29, 0.717) is 5.82 Å². The van der Waals surface area contributed by atoms with E-state index in [-0.39, 0.29) is 11.7 Å². The minimum Gasteiger partial charge on any atom is -0.438 e. The molecule has 20 heavy (non-hydrogen) atoms. The monoisotopic (exact) mass is 284 g/mol. The molecule has 1 amide bonds. The van der Waals surface area contributed by atoms with Crippen LogP contribution in [-0.2, 0) is 0 Å². The molecular weight excluding hydrogens is 274 g/mol. The van der Waals surface area contributed by atoms with Crippen LogP contribution in [0, 0.1) is 6.92 Å². The highest BCUT2D eigenvalue weighted by molar-refractivity contribution is 5.91. The molecule has 1 aliphatic heterocycles. The Kier molecular flexibility index (Phi) is 2.77. The summed E-state index contributed by atoms with van der Waals surface area (Å²) in [5.74, 6) is -3.48. The number of oxazole rings is 1. The third-order valence-corrected chi connectivity index (χ3v) is 3.00. The van der Waals surface area contributed by atoms with E-state index in [1.54, 1.807) is 6.92 Å². The predicted molar refractivity (Wildman–Crippen MR) is 58.9 cm³/mol. The van der Waals surface area contributed by atoms with Gasteiger partial charge in [-0.05, 0) is 6.92 Å². The molecule has 0 spiro atoms. The van der Waals surface area contributed by atoms with Crippen molar-refractivity contribution in [2.75, 3.05) is 6.54 Å². The highest BCUT2D eigenvalue weighted by Gasteiger charge is 2.50. The van der Waals surface area contributed by atoms with E-state index in [1.165, 1.54) is 6.20 Å². The lowest BCUT2D eigenvalue weighted by Gasteiger charge is -2.19. The third-order valence-electron chi connectivity index (χ3n) is 3.00. The maximum Gasteiger partial charge on any atom is 0.292 e. The Morgan fingerprint density at radius 3 is 2.95 bits per heavy atom. The summed E-state index contributed by atoms with van der Waals surface area (Å²) in [4.78, 5) is 20.6. The van der Waals surface area contributed by atoms with Crippen molar-refractivity contribution >= 4 is 5.91 Å². The molecule has 1 aliphatic rings. The fourth-order valence-electron chi connectivity index (χ4n) is 2.16. The molecule has 9 heteroatoms. The fraction of sp³-hybridized carbons (Fsp3) is 0.455. The summed E-state index contributed by atoms with van der Waals surface area (Å²) >= 11 is 0. The first-order chi connectivity index (χ1) is 9.46. The largest absolute Gasteiger partial charge is 0.438 e. The zero-order valence-electron chi connectivity index (χ0n) is 10.4. The Balaban J connectivity index is 1.93.